The lowest BCUT2D eigenvalue weighted by Crippen LogP contribution is -1.99. The van der Waals surface area contributed by atoms with Gasteiger partial charge in [0, 0.05) is 16.0 Å². The Labute approximate surface area is 122 Å². The quantitative estimate of drug-likeness (QED) is 0.692. The molecule has 0 aliphatic heterocycles. The number of hydrogen-bond donors (Lipinski definition) is 1. The summed E-state index contributed by atoms with van der Waals surface area (Å²) in [7, 11) is 0. The Balaban J connectivity index is 2.25. The fourth-order valence-corrected chi connectivity index (χ4v) is 2.11. The lowest BCUT2D eigenvalue weighted by Gasteiger charge is -2.06. The maximum absolute atomic E-state index is 13.3. The van der Waals surface area contributed by atoms with Gasteiger partial charge in [0.05, 0.1) is 5.52 Å². The van der Waals surface area contributed by atoms with Crippen molar-refractivity contribution in [1.82, 2.24) is 9.97 Å². The van der Waals surface area contributed by atoms with Crippen LogP contribution in [0.5, 0.6) is 0 Å². The number of nitrogens with zero attached hydrogens (tertiary/aromatic N) is 2. The normalized spacial score (nSPS) is 11.0. The molecule has 0 radical (unpaired) electrons. The molecule has 0 spiro atoms. The molecule has 0 fully saturated rings. The number of fused-ring (bicyclic) bond motifs is 1. The van der Waals surface area contributed by atoms with Gasteiger partial charge < -0.3 is 5.73 Å². The third-order valence-electron chi connectivity index (χ3n) is 2.93. The number of rotatable bonds is 1. The summed E-state index contributed by atoms with van der Waals surface area (Å²) in [5, 5.41) is 0.995. The van der Waals surface area contributed by atoms with Crippen molar-refractivity contribution in [1.29, 1.82) is 0 Å². The highest BCUT2D eigenvalue weighted by molar-refractivity contribution is 6.31. The predicted octanol–water partition coefficient (Wildman–Crippen LogP) is 3.95. The molecule has 0 unspecified atom stereocenters. The summed E-state index contributed by atoms with van der Waals surface area (Å²) in [4.78, 5) is 8.13. The molecule has 0 aliphatic rings. The van der Waals surface area contributed by atoms with Crippen LogP contribution in [0.2, 0.25) is 5.02 Å². The van der Waals surface area contributed by atoms with Crippen molar-refractivity contribution in [2.45, 2.75) is 0 Å². The number of halogens is 4. The molecule has 21 heavy (non-hydrogen) atoms. The van der Waals surface area contributed by atoms with Crippen LogP contribution in [0.15, 0.2) is 30.3 Å². The summed E-state index contributed by atoms with van der Waals surface area (Å²) in [5.41, 5.74) is 6.21. The molecule has 0 amide bonds. The summed E-state index contributed by atoms with van der Waals surface area (Å²) in [6.45, 7) is 0. The smallest absolute Gasteiger partial charge is 0.194 e. The standard InChI is InChI=1S/C14H7ClF3N3/c15-7-1-2-8-11(5-7)20-14(21-13(8)19)6-3-9(16)12(18)10(17)4-6/h1-5H,(H2,19,20,21). The number of hydrogen-bond acceptors (Lipinski definition) is 3. The first-order valence-electron chi connectivity index (χ1n) is 5.83. The molecular formula is C14H7ClF3N3. The maximum Gasteiger partial charge on any atom is 0.194 e. The summed E-state index contributed by atoms with van der Waals surface area (Å²) >= 11 is 5.87. The Bertz CT molecular complexity index is 844. The fourth-order valence-electron chi connectivity index (χ4n) is 1.94. The van der Waals surface area contributed by atoms with E-state index in [0.717, 1.165) is 12.1 Å². The van der Waals surface area contributed by atoms with Gasteiger partial charge in [-0.15, -0.1) is 0 Å². The van der Waals surface area contributed by atoms with Crippen molar-refractivity contribution in [3.05, 3.63) is 52.8 Å². The Morgan fingerprint density at radius 3 is 2.29 bits per heavy atom. The van der Waals surface area contributed by atoms with E-state index in [9.17, 15) is 13.2 Å². The molecule has 7 heteroatoms. The van der Waals surface area contributed by atoms with Crippen molar-refractivity contribution < 1.29 is 13.2 Å². The molecule has 3 rings (SSSR count). The van der Waals surface area contributed by atoms with Crippen LogP contribution in [0.3, 0.4) is 0 Å². The van der Waals surface area contributed by atoms with E-state index in [1.54, 1.807) is 18.2 Å². The molecule has 0 bridgehead atoms. The van der Waals surface area contributed by atoms with Gasteiger partial charge in [0.25, 0.3) is 0 Å². The van der Waals surface area contributed by atoms with Crippen LogP contribution in [0, 0.1) is 17.5 Å². The van der Waals surface area contributed by atoms with Gasteiger partial charge in [-0.2, -0.15) is 0 Å². The number of benzene rings is 2. The second-order valence-corrected chi connectivity index (χ2v) is 4.78. The lowest BCUT2D eigenvalue weighted by atomic mass is 10.1. The van der Waals surface area contributed by atoms with Crippen LogP contribution in [0.4, 0.5) is 19.0 Å². The van der Waals surface area contributed by atoms with E-state index >= 15 is 0 Å². The van der Waals surface area contributed by atoms with Crippen LogP contribution in [0.1, 0.15) is 0 Å². The minimum atomic E-state index is -1.55. The van der Waals surface area contributed by atoms with Crippen molar-refractivity contribution in [2.75, 3.05) is 5.73 Å². The van der Waals surface area contributed by atoms with Gasteiger partial charge in [0.2, 0.25) is 0 Å². The van der Waals surface area contributed by atoms with Gasteiger partial charge in [0.15, 0.2) is 23.3 Å². The van der Waals surface area contributed by atoms with Gasteiger partial charge in [-0.1, -0.05) is 11.6 Å². The number of anilines is 1. The highest BCUT2D eigenvalue weighted by Crippen LogP contribution is 2.27. The number of nitrogens with two attached hydrogens (primary N) is 1. The summed E-state index contributed by atoms with van der Waals surface area (Å²) in [5.74, 6) is -4.07. The molecule has 1 aromatic heterocycles. The topological polar surface area (TPSA) is 51.8 Å². The Morgan fingerprint density at radius 2 is 1.62 bits per heavy atom. The average Bonchev–Trinajstić information content (AvgIpc) is 2.43. The first-order valence-corrected chi connectivity index (χ1v) is 6.21. The minimum absolute atomic E-state index is 0.0138. The van der Waals surface area contributed by atoms with Crippen molar-refractivity contribution in [2.24, 2.45) is 0 Å². The molecule has 0 aliphatic carbocycles. The third-order valence-corrected chi connectivity index (χ3v) is 3.17. The molecule has 2 N–H and O–H groups in total. The SMILES string of the molecule is Nc1nc(-c2cc(F)c(F)c(F)c2)nc2cc(Cl)ccc12. The van der Waals surface area contributed by atoms with Crippen LogP contribution >= 0.6 is 11.6 Å². The molecule has 1 heterocycles. The molecule has 3 aromatic rings. The van der Waals surface area contributed by atoms with Gasteiger partial charge in [-0.25, -0.2) is 23.1 Å². The van der Waals surface area contributed by atoms with Crippen LogP contribution < -0.4 is 5.73 Å². The second-order valence-electron chi connectivity index (χ2n) is 4.35. The minimum Gasteiger partial charge on any atom is -0.383 e. The molecule has 0 saturated heterocycles. The molecule has 2 aromatic carbocycles. The molecule has 0 saturated carbocycles. The summed E-state index contributed by atoms with van der Waals surface area (Å²) < 4.78 is 39.5. The van der Waals surface area contributed by atoms with E-state index in [0.29, 0.717) is 15.9 Å². The average molecular weight is 310 g/mol. The number of aromatic nitrogens is 2. The van der Waals surface area contributed by atoms with E-state index in [2.05, 4.69) is 9.97 Å². The highest BCUT2D eigenvalue weighted by Gasteiger charge is 2.14. The monoisotopic (exact) mass is 309 g/mol. The zero-order valence-corrected chi connectivity index (χ0v) is 11.1. The van der Waals surface area contributed by atoms with Crippen LogP contribution in [-0.2, 0) is 0 Å². The van der Waals surface area contributed by atoms with Gasteiger partial charge in [-0.3, -0.25) is 0 Å². The van der Waals surface area contributed by atoms with Crippen LogP contribution in [0.25, 0.3) is 22.3 Å². The molecule has 106 valence electrons. The summed E-state index contributed by atoms with van der Waals surface area (Å²) in [6.07, 6.45) is 0. The Hall–Kier alpha value is -2.34. The lowest BCUT2D eigenvalue weighted by molar-refractivity contribution is 0.447. The maximum atomic E-state index is 13.3. The first kappa shape index (κ1) is 13.6. The summed E-state index contributed by atoms with van der Waals surface area (Å²) in [6, 6.07) is 6.44. The van der Waals surface area contributed by atoms with Gasteiger partial charge >= 0.3 is 0 Å². The van der Waals surface area contributed by atoms with Crippen molar-refractivity contribution in [3.8, 4) is 11.4 Å². The molecule has 3 nitrogen and oxygen atoms in total. The van der Waals surface area contributed by atoms with Crippen molar-refractivity contribution >= 4 is 28.3 Å². The second kappa shape index (κ2) is 4.89. The van der Waals surface area contributed by atoms with Gasteiger partial charge in [-0.05, 0) is 30.3 Å². The van der Waals surface area contributed by atoms with E-state index in [-0.39, 0.29) is 17.2 Å². The first-order chi connectivity index (χ1) is 9.95. The predicted molar refractivity (Wildman–Crippen MR) is 74.3 cm³/mol. The van der Waals surface area contributed by atoms with Gasteiger partial charge in [0.1, 0.15) is 5.82 Å². The largest absolute Gasteiger partial charge is 0.383 e. The third kappa shape index (κ3) is 2.38. The number of nitrogen functional groups attached to an aromatic ring is 1. The van der Waals surface area contributed by atoms with E-state index in [4.69, 9.17) is 17.3 Å². The van der Waals surface area contributed by atoms with E-state index in [1.807, 2.05) is 0 Å². The fraction of sp³-hybridized carbons (Fsp3) is 0. The van der Waals surface area contributed by atoms with Crippen LogP contribution in [-0.4, -0.2) is 9.97 Å². The Kier molecular flexibility index (Phi) is 3.17. The molecular weight excluding hydrogens is 303 g/mol. The zero-order chi connectivity index (χ0) is 15.1. The molecule has 0 atom stereocenters. The zero-order valence-electron chi connectivity index (χ0n) is 10.4. The Morgan fingerprint density at radius 1 is 0.952 bits per heavy atom. The highest BCUT2D eigenvalue weighted by atomic mass is 35.5. The van der Waals surface area contributed by atoms with Crippen molar-refractivity contribution in [3.63, 3.8) is 0 Å². The van der Waals surface area contributed by atoms with E-state index < -0.39 is 17.5 Å². The van der Waals surface area contributed by atoms with E-state index in [1.165, 1.54) is 0 Å².